The molecule has 29 heavy (non-hydrogen) atoms. The van der Waals surface area contributed by atoms with E-state index in [4.69, 9.17) is 9.57 Å². The van der Waals surface area contributed by atoms with Crippen molar-refractivity contribution in [2.45, 2.75) is 12.8 Å². The lowest BCUT2D eigenvalue weighted by atomic mass is 10.0. The van der Waals surface area contributed by atoms with E-state index in [1.54, 1.807) is 24.3 Å². The summed E-state index contributed by atoms with van der Waals surface area (Å²) in [7, 11) is 2.82. The third kappa shape index (κ3) is 5.74. The summed E-state index contributed by atoms with van der Waals surface area (Å²) in [6.07, 6.45) is -3.56. The molecule has 2 N–H and O–H groups in total. The average molecular weight is 408 g/mol. The quantitative estimate of drug-likeness (QED) is 0.318. The number of nitrogens with zero attached hydrogens (tertiary/aromatic N) is 1. The number of hydrogen-bond acceptors (Lipinski definition) is 5. The fourth-order valence-corrected chi connectivity index (χ4v) is 2.49. The summed E-state index contributed by atoms with van der Waals surface area (Å²) in [6.45, 7) is -0.327. The van der Waals surface area contributed by atoms with Crippen LogP contribution in [0.5, 0.6) is 5.75 Å². The average Bonchev–Trinajstić information content (AvgIpc) is 2.68. The van der Waals surface area contributed by atoms with Crippen LogP contribution in [0.3, 0.4) is 0 Å². The van der Waals surface area contributed by atoms with Gasteiger partial charge in [0.15, 0.2) is 5.71 Å². The lowest BCUT2D eigenvalue weighted by Gasteiger charge is -2.13. The minimum Gasteiger partial charge on any atom is -0.508 e. The van der Waals surface area contributed by atoms with Crippen LogP contribution in [0, 0.1) is 0 Å². The number of carbonyl (C=O) groups excluding carboxylic acids is 1. The van der Waals surface area contributed by atoms with Gasteiger partial charge in [0.2, 0.25) is 0 Å². The molecule has 0 saturated heterocycles. The number of phenolic OH excluding ortho intramolecular Hbond substituents is 1. The van der Waals surface area contributed by atoms with Crippen LogP contribution >= 0.6 is 0 Å². The summed E-state index contributed by atoms with van der Waals surface area (Å²) in [5, 5.41) is 15.1. The van der Waals surface area contributed by atoms with Crippen LogP contribution < -0.4 is 5.32 Å². The van der Waals surface area contributed by atoms with Gasteiger partial charge < -0.3 is 20.0 Å². The molecule has 9 heteroatoms. The van der Waals surface area contributed by atoms with Crippen molar-refractivity contribution in [1.82, 2.24) is 5.32 Å². The number of nitrogens with one attached hydrogen (secondary N) is 1. The number of alkyl halides is 3. The number of ether oxygens (including phenoxy) is 1. The molecule has 0 atom stereocenters. The summed E-state index contributed by atoms with van der Waals surface area (Å²) >= 11 is 0. The monoisotopic (exact) mass is 408 g/mol. The van der Waals surface area contributed by atoms with Crippen LogP contribution in [0.2, 0.25) is 0 Å². The Morgan fingerprint density at radius 2 is 1.93 bits per heavy atom. The highest BCUT2D eigenvalue weighted by Crippen LogP contribution is 2.26. The first-order chi connectivity index (χ1) is 13.8. The van der Waals surface area contributed by atoms with Crippen molar-refractivity contribution in [3.63, 3.8) is 0 Å². The normalized spacial score (nSPS) is 12.4. The zero-order valence-electron chi connectivity index (χ0n) is 15.7. The van der Waals surface area contributed by atoms with Crippen molar-refractivity contribution >= 4 is 17.2 Å². The van der Waals surface area contributed by atoms with Gasteiger partial charge >= 0.3 is 6.18 Å². The van der Waals surface area contributed by atoms with Crippen LogP contribution in [0.1, 0.15) is 16.7 Å². The van der Waals surface area contributed by atoms with Crippen molar-refractivity contribution in [2.24, 2.45) is 5.16 Å². The Kier molecular flexibility index (Phi) is 7.24. The first kappa shape index (κ1) is 21.8. The molecule has 0 aliphatic heterocycles. The Hall–Kier alpha value is -3.49. The maximum absolute atomic E-state index is 13.4. The third-order valence-corrected chi connectivity index (χ3v) is 3.78. The number of amides is 1. The number of oxime groups is 1. The molecule has 2 aromatic carbocycles. The van der Waals surface area contributed by atoms with Gasteiger partial charge in [-0.1, -0.05) is 41.6 Å². The van der Waals surface area contributed by atoms with Gasteiger partial charge in [0.1, 0.15) is 12.4 Å². The maximum Gasteiger partial charge on any atom is 0.437 e. The van der Waals surface area contributed by atoms with Crippen LogP contribution in [-0.2, 0) is 21.0 Å². The van der Waals surface area contributed by atoms with Crippen LogP contribution in [-0.4, -0.2) is 37.1 Å². The fraction of sp³-hybridized carbons (Fsp3) is 0.200. The molecule has 6 nitrogen and oxygen atoms in total. The van der Waals surface area contributed by atoms with E-state index in [0.29, 0.717) is 11.1 Å². The Bertz CT molecular complexity index is 924. The predicted octanol–water partition coefficient (Wildman–Crippen LogP) is 3.61. The molecule has 0 saturated carbocycles. The number of methoxy groups -OCH3 is 1. The van der Waals surface area contributed by atoms with Gasteiger partial charge in [0, 0.05) is 18.2 Å². The number of benzene rings is 2. The van der Waals surface area contributed by atoms with E-state index in [1.807, 2.05) is 0 Å². The van der Waals surface area contributed by atoms with Gasteiger partial charge in [0.25, 0.3) is 5.91 Å². The number of hydrogen-bond donors (Lipinski definition) is 2. The Labute approximate surface area is 165 Å². The van der Waals surface area contributed by atoms with E-state index in [9.17, 15) is 23.1 Å². The summed E-state index contributed by atoms with van der Waals surface area (Å²) in [4.78, 5) is 17.1. The zero-order valence-corrected chi connectivity index (χ0v) is 15.7. The highest BCUT2D eigenvalue weighted by Gasteiger charge is 2.38. The molecule has 0 aliphatic rings. The largest absolute Gasteiger partial charge is 0.508 e. The number of halogens is 3. The van der Waals surface area contributed by atoms with Crippen molar-refractivity contribution in [3.8, 4) is 5.75 Å². The number of likely N-dealkylation sites (N-methyl/N-ethyl adjacent to an activating group) is 1. The van der Waals surface area contributed by atoms with Gasteiger partial charge in [-0.3, -0.25) is 4.79 Å². The first-order valence-electron chi connectivity index (χ1n) is 8.37. The number of carbonyl (C=O) groups is 1. The number of aromatic hydroxyl groups is 1. The molecule has 0 bridgehead atoms. The van der Waals surface area contributed by atoms with Gasteiger partial charge in [0.05, 0.1) is 18.9 Å². The second kappa shape index (κ2) is 9.63. The minimum absolute atomic E-state index is 0.183. The Balaban J connectivity index is 2.33. The standard InChI is InChI=1S/C20H19F3N2O4/c1-24-19(27)17(12-28-2)16-9-4-3-6-14(16)11-29-25-18(20(21,22)23)13-7-5-8-15(26)10-13/h3-10,12,26H,11H2,1-2H3,(H,24,27)/b17-12+,25-18+. The topological polar surface area (TPSA) is 80.2 Å². The summed E-state index contributed by atoms with van der Waals surface area (Å²) < 4.78 is 45.0. The minimum atomic E-state index is -4.80. The van der Waals surface area contributed by atoms with Gasteiger partial charge in [-0.25, -0.2) is 0 Å². The van der Waals surface area contributed by atoms with Crippen molar-refractivity contribution in [2.75, 3.05) is 14.2 Å². The van der Waals surface area contributed by atoms with Gasteiger partial charge in [-0.05, 0) is 17.7 Å². The van der Waals surface area contributed by atoms with Crippen LogP contribution in [0.25, 0.3) is 5.57 Å². The summed E-state index contributed by atoms with van der Waals surface area (Å²) in [5.41, 5.74) is -0.585. The second-order valence-electron chi connectivity index (χ2n) is 5.76. The molecular formula is C20H19F3N2O4. The van der Waals surface area contributed by atoms with E-state index in [0.717, 1.165) is 12.1 Å². The second-order valence-corrected chi connectivity index (χ2v) is 5.76. The molecule has 0 unspecified atom stereocenters. The molecule has 2 rings (SSSR count). The molecule has 0 radical (unpaired) electrons. The van der Waals surface area contributed by atoms with Crippen LogP contribution in [0.4, 0.5) is 13.2 Å². The van der Waals surface area contributed by atoms with Gasteiger partial charge in [-0.15, -0.1) is 0 Å². The maximum atomic E-state index is 13.4. The van der Waals surface area contributed by atoms with Crippen LogP contribution in [0.15, 0.2) is 59.9 Å². The summed E-state index contributed by atoms with van der Waals surface area (Å²) in [6, 6.07) is 11.1. The lowest BCUT2D eigenvalue weighted by Crippen LogP contribution is -2.24. The Morgan fingerprint density at radius 1 is 1.21 bits per heavy atom. The molecule has 154 valence electrons. The SMILES string of the molecule is CNC(=O)/C(=C/OC)c1ccccc1CO/N=C(\c1cccc(O)c1)C(F)(F)F. The van der Waals surface area contributed by atoms with E-state index in [-0.39, 0.29) is 23.5 Å². The molecule has 0 fully saturated rings. The molecule has 0 aromatic heterocycles. The van der Waals surface area contributed by atoms with Crippen molar-refractivity contribution < 1.29 is 32.6 Å². The van der Waals surface area contributed by atoms with Crippen molar-refractivity contribution in [1.29, 1.82) is 0 Å². The van der Waals surface area contributed by atoms with E-state index in [1.165, 1.54) is 32.6 Å². The van der Waals surface area contributed by atoms with E-state index in [2.05, 4.69) is 10.5 Å². The smallest absolute Gasteiger partial charge is 0.437 e. The zero-order chi connectivity index (χ0) is 21.4. The first-order valence-corrected chi connectivity index (χ1v) is 8.37. The highest BCUT2D eigenvalue weighted by molar-refractivity contribution is 6.19. The van der Waals surface area contributed by atoms with E-state index >= 15 is 0 Å². The molecular weight excluding hydrogens is 389 g/mol. The molecule has 0 aliphatic carbocycles. The molecule has 0 spiro atoms. The van der Waals surface area contributed by atoms with Gasteiger partial charge in [-0.2, -0.15) is 13.2 Å². The highest BCUT2D eigenvalue weighted by atomic mass is 19.4. The molecule has 0 heterocycles. The van der Waals surface area contributed by atoms with E-state index < -0.39 is 17.8 Å². The lowest BCUT2D eigenvalue weighted by molar-refractivity contribution is -0.115. The molecule has 2 aromatic rings. The third-order valence-electron chi connectivity index (χ3n) is 3.78. The number of phenols is 1. The number of rotatable bonds is 7. The van der Waals surface area contributed by atoms with Crippen molar-refractivity contribution in [3.05, 3.63) is 71.5 Å². The molecule has 1 amide bonds. The Morgan fingerprint density at radius 3 is 2.55 bits per heavy atom. The summed E-state index contributed by atoms with van der Waals surface area (Å²) in [5.74, 6) is -0.761. The fourth-order valence-electron chi connectivity index (χ4n) is 2.49. The predicted molar refractivity (Wildman–Crippen MR) is 101 cm³/mol.